The number of aryl methyl sites for hydroxylation is 1. The van der Waals surface area contributed by atoms with Crippen LogP contribution in [-0.2, 0) is 6.42 Å². The molecule has 0 saturated carbocycles. The van der Waals surface area contributed by atoms with Crippen molar-refractivity contribution in [3.8, 4) is 11.5 Å². The van der Waals surface area contributed by atoms with Gasteiger partial charge in [-0.05, 0) is 63.5 Å². The van der Waals surface area contributed by atoms with Gasteiger partial charge in [0.05, 0.1) is 14.2 Å². The zero-order chi connectivity index (χ0) is 17.4. The van der Waals surface area contributed by atoms with Gasteiger partial charge < -0.3 is 25.0 Å². The van der Waals surface area contributed by atoms with Crippen LogP contribution in [0, 0.1) is 0 Å². The van der Waals surface area contributed by atoms with Crippen molar-refractivity contribution in [1.82, 2.24) is 15.5 Å². The Morgan fingerprint density at radius 1 is 1.21 bits per heavy atom. The second kappa shape index (κ2) is 9.37. The Kier molecular flexibility index (Phi) is 7.18. The maximum atomic E-state index is 11.9. The van der Waals surface area contributed by atoms with Crippen molar-refractivity contribution in [3.05, 3.63) is 23.8 Å². The number of hydrogen-bond donors (Lipinski definition) is 2. The summed E-state index contributed by atoms with van der Waals surface area (Å²) < 4.78 is 10.5. The summed E-state index contributed by atoms with van der Waals surface area (Å²) in [5, 5.41) is 6.00. The fourth-order valence-corrected chi connectivity index (χ4v) is 2.92. The van der Waals surface area contributed by atoms with E-state index >= 15 is 0 Å². The molecule has 0 spiro atoms. The summed E-state index contributed by atoms with van der Waals surface area (Å²) in [7, 11) is 5.38. The minimum atomic E-state index is -0.0585. The predicted octanol–water partition coefficient (Wildman–Crippen LogP) is 2.03. The molecule has 0 atom stereocenters. The smallest absolute Gasteiger partial charge is 0.315 e. The number of nitrogens with zero attached hydrogens (tertiary/aromatic N) is 1. The molecule has 2 rings (SSSR count). The Bertz CT molecular complexity index is 528. The van der Waals surface area contributed by atoms with Gasteiger partial charge in [0.2, 0.25) is 0 Å². The molecule has 1 aromatic rings. The van der Waals surface area contributed by atoms with E-state index in [1.165, 1.54) is 5.56 Å². The summed E-state index contributed by atoms with van der Waals surface area (Å²) in [4.78, 5) is 14.2. The number of ether oxygens (including phenoxy) is 2. The minimum absolute atomic E-state index is 0.0585. The lowest BCUT2D eigenvalue weighted by Crippen LogP contribution is -2.47. The van der Waals surface area contributed by atoms with Gasteiger partial charge in [-0.2, -0.15) is 0 Å². The molecule has 24 heavy (non-hydrogen) atoms. The van der Waals surface area contributed by atoms with E-state index in [-0.39, 0.29) is 6.03 Å². The van der Waals surface area contributed by atoms with Crippen molar-refractivity contribution in [2.24, 2.45) is 0 Å². The first kappa shape index (κ1) is 18.4. The van der Waals surface area contributed by atoms with E-state index < -0.39 is 0 Å². The summed E-state index contributed by atoms with van der Waals surface area (Å²) in [5.74, 6) is 1.47. The van der Waals surface area contributed by atoms with E-state index in [9.17, 15) is 4.79 Å². The Hall–Kier alpha value is -1.95. The fourth-order valence-electron chi connectivity index (χ4n) is 2.92. The number of hydrogen-bond acceptors (Lipinski definition) is 4. The van der Waals surface area contributed by atoms with Crippen LogP contribution in [-0.4, -0.2) is 57.9 Å². The third-order valence-corrected chi connectivity index (χ3v) is 4.43. The van der Waals surface area contributed by atoms with E-state index in [2.05, 4.69) is 22.6 Å². The van der Waals surface area contributed by atoms with Crippen LogP contribution in [0.25, 0.3) is 0 Å². The zero-order valence-electron chi connectivity index (χ0n) is 14.9. The number of carbonyl (C=O) groups is 1. The van der Waals surface area contributed by atoms with Crippen molar-refractivity contribution in [3.63, 3.8) is 0 Å². The summed E-state index contributed by atoms with van der Waals surface area (Å²) in [5.41, 5.74) is 1.17. The van der Waals surface area contributed by atoms with Crippen molar-refractivity contribution in [2.45, 2.75) is 31.7 Å². The highest BCUT2D eigenvalue weighted by molar-refractivity contribution is 5.74. The summed E-state index contributed by atoms with van der Waals surface area (Å²) in [6.45, 7) is 2.75. The first-order valence-corrected chi connectivity index (χ1v) is 8.56. The molecule has 1 aliphatic heterocycles. The van der Waals surface area contributed by atoms with Gasteiger partial charge in [0, 0.05) is 12.6 Å². The lowest BCUT2D eigenvalue weighted by molar-refractivity contribution is 0.214. The largest absolute Gasteiger partial charge is 0.493 e. The number of amides is 2. The molecule has 1 heterocycles. The third-order valence-electron chi connectivity index (χ3n) is 4.43. The van der Waals surface area contributed by atoms with Crippen molar-refractivity contribution in [1.29, 1.82) is 0 Å². The Morgan fingerprint density at radius 2 is 1.92 bits per heavy atom. The fraction of sp³-hybridized carbons (Fsp3) is 0.611. The van der Waals surface area contributed by atoms with Crippen LogP contribution in [0.2, 0.25) is 0 Å². The molecule has 134 valence electrons. The second-order valence-electron chi connectivity index (χ2n) is 6.27. The monoisotopic (exact) mass is 335 g/mol. The number of rotatable bonds is 7. The highest BCUT2D eigenvalue weighted by Gasteiger charge is 2.17. The Morgan fingerprint density at radius 3 is 2.58 bits per heavy atom. The Balaban J connectivity index is 1.66. The van der Waals surface area contributed by atoms with Gasteiger partial charge in [-0.3, -0.25) is 0 Å². The average molecular weight is 335 g/mol. The highest BCUT2D eigenvalue weighted by Crippen LogP contribution is 2.27. The number of methoxy groups -OCH3 is 2. The van der Waals surface area contributed by atoms with E-state index in [1.807, 2.05) is 18.2 Å². The number of carbonyl (C=O) groups excluding carboxylic acids is 1. The molecule has 0 radical (unpaired) electrons. The predicted molar refractivity (Wildman–Crippen MR) is 94.9 cm³/mol. The molecule has 0 aliphatic carbocycles. The third kappa shape index (κ3) is 5.60. The number of nitrogens with one attached hydrogen (secondary N) is 2. The van der Waals surface area contributed by atoms with Crippen LogP contribution in [0.15, 0.2) is 18.2 Å². The molecule has 6 nitrogen and oxygen atoms in total. The van der Waals surface area contributed by atoms with Gasteiger partial charge in [0.1, 0.15) is 0 Å². The molecular formula is C18H29N3O3. The van der Waals surface area contributed by atoms with Gasteiger partial charge >= 0.3 is 6.03 Å². The zero-order valence-corrected chi connectivity index (χ0v) is 14.9. The van der Waals surface area contributed by atoms with Crippen LogP contribution in [0.3, 0.4) is 0 Å². The van der Waals surface area contributed by atoms with Crippen molar-refractivity contribution in [2.75, 3.05) is 40.9 Å². The van der Waals surface area contributed by atoms with Crippen LogP contribution in [0.1, 0.15) is 24.8 Å². The average Bonchev–Trinajstić information content (AvgIpc) is 2.60. The van der Waals surface area contributed by atoms with Gasteiger partial charge in [-0.25, -0.2) is 4.79 Å². The number of benzene rings is 1. The molecule has 0 unspecified atom stereocenters. The number of likely N-dealkylation sites (tertiary alicyclic amines) is 1. The topological polar surface area (TPSA) is 62.8 Å². The van der Waals surface area contributed by atoms with E-state index in [4.69, 9.17) is 9.47 Å². The van der Waals surface area contributed by atoms with Gasteiger partial charge in [-0.15, -0.1) is 0 Å². The molecule has 0 bridgehead atoms. The summed E-state index contributed by atoms with van der Waals surface area (Å²) in [6.07, 6.45) is 3.82. The van der Waals surface area contributed by atoms with E-state index in [1.54, 1.807) is 14.2 Å². The summed E-state index contributed by atoms with van der Waals surface area (Å²) in [6, 6.07) is 6.16. The highest BCUT2D eigenvalue weighted by atomic mass is 16.5. The van der Waals surface area contributed by atoms with Crippen LogP contribution >= 0.6 is 0 Å². The standard InChI is InChI=1S/C18H29N3O3/c1-21-11-8-15(9-12-21)20-18(22)19-10-4-5-14-6-7-16(23-2)17(13-14)24-3/h6-7,13,15H,4-5,8-12H2,1-3H3,(H2,19,20,22). The van der Waals surface area contributed by atoms with Gasteiger partial charge in [0.25, 0.3) is 0 Å². The molecule has 6 heteroatoms. The van der Waals surface area contributed by atoms with E-state index in [0.29, 0.717) is 12.6 Å². The van der Waals surface area contributed by atoms with E-state index in [0.717, 1.165) is 50.3 Å². The maximum Gasteiger partial charge on any atom is 0.315 e. The molecule has 2 amide bonds. The molecule has 1 aromatic carbocycles. The van der Waals surface area contributed by atoms with Crippen LogP contribution in [0.5, 0.6) is 11.5 Å². The van der Waals surface area contributed by atoms with Crippen LogP contribution < -0.4 is 20.1 Å². The van der Waals surface area contributed by atoms with Crippen molar-refractivity contribution >= 4 is 6.03 Å². The summed E-state index contributed by atoms with van der Waals surface area (Å²) >= 11 is 0. The second-order valence-corrected chi connectivity index (χ2v) is 6.27. The molecule has 1 fully saturated rings. The molecule has 0 aromatic heterocycles. The van der Waals surface area contributed by atoms with Gasteiger partial charge in [0.15, 0.2) is 11.5 Å². The first-order valence-electron chi connectivity index (χ1n) is 8.56. The lowest BCUT2D eigenvalue weighted by Gasteiger charge is -2.29. The lowest BCUT2D eigenvalue weighted by atomic mass is 10.1. The number of urea groups is 1. The molecule has 1 aliphatic rings. The normalized spacial score (nSPS) is 15.8. The Labute approximate surface area is 144 Å². The first-order chi connectivity index (χ1) is 11.6. The quantitative estimate of drug-likeness (QED) is 0.749. The SMILES string of the molecule is COc1ccc(CCCNC(=O)NC2CCN(C)CC2)cc1OC. The molecule has 1 saturated heterocycles. The van der Waals surface area contributed by atoms with Crippen molar-refractivity contribution < 1.29 is 14.3 Å². The molecular weight excluding hydrogens is 306 g/mol. The van der Waals surface area contributed by atoms with Gasteiger partial charge in [-0.1, -0.05) is 6.07 Å². The van der Waals surface area contributed by atoms with Crippen LogP contribution in [0.4, 0.5) is 4.79 Å². The number of piperidine rings is 1. The molecule has 2 N–H and O–H groups in total. The maximum absolute atomic E-state index is 11.9. The minimum Gasteiger partial charge on any atom is -0.493 e.